The highest BCUT2D eigenvalue weighted by molar-refractivity contribution is 4.76. The van der Waals surface area contributed by atoms with E-state index in [9.17, 15) is 0 Å². The maximum absolute atomic E-state index is 5.74. The molecule has 0 spiro atoms. The average molecular weight is 253 g/mol. The highest BCUT2D eigenvalue weighted by Crippen LogP contribution is 2.29. The molecule has 106 valence electrons. The Balaban J connectivity index is 1.68. The third-order valence-corrected chi connectivity index (χ3v) is 4.70. The fraction of sp³-hybridized carbons (Fsp3) is 1.00. The summed E-state index contributed by atoms with van der Waals surface area (Å²) in [6.07, 6.45) is 14.5. The molecule has 2 aliphatic rings. The van der Waals surface area contributed by atoms with Crippen LogP contribution in [-0.4, -0.2) is 25.3 Å². The number of nitrogens with one attached hydrogen (secondary N) is 1. The number of hydrogen-bond donors (Lipinski definition) is 1. The van der Waals surface area contributed by atoms with E-state index in [2.05, 4.69) is 12.2 Å². The molecule has 1 saturated carbocycles. The summed E-state index contributed by atoms with van der Waals surface area (Å²) >= 11 is 0. The molecule has 2 heteroatoms. The van der Waals surface area contributed by atoms with Crippen LogP contribution in [0.25, 0.3) is 0 Å². The molecule has 2 nitrogen and oxygen atoms in total. The summed E-state index contributed by atoms with van der Waals surface area (Å²) in [5.74, 6) is 0.993. The smallest absolute Gasteiger partial charge is 0.0576 e. The van der Waals surface area contributed by atoms with Gasteiger partial charge in [-0.25, -0.2) is 0 Å². The minimum absolute atomic E-state index is 0.567. The topological polar surface area (TPSA) is 21.3 Å². The van der Waals surface area contributed by atoms with Gasteiger partial charge in [-0.05, 0) is 44.6 Å². The van der Waals surface area contributed by atoms with Crippen molar-refractivity contribution in [1.82, 2.24) is 5.32 Å². The molecule has 18 heavy (non-hydrogen) atoms. The van der Waals surface area contributed by atoms with E-state index in [1.54, 1.807) is 0 Å². The number of hydrogen-bond acceptors (Lipinski definition) is 2. The van der Waals surface area contributed by atoms with Crippen molar-refractivity contribution in [2.24, 2.45) is 5.92 Å². The van der Waals surface area contributed by atoms with Gasteiger partial charge in [-0.3, -0.25) is 0 Å². The zero-order chi connectivity index (χ0) is 12.6. The molecule has 2 fully saturated rings. The molecule has 0 amide bonds. The van der Waals surface area contributed by atoms with Gasteiger partial charge in [0.1, 0.15) is 0 Å². The van der Waals surface area contributed by atoms with Crippen LogP contribution in [-0.2, 0) is 4.74 Å². The molecule has 1 aliphatic carbocycles. The van der Waals surface area contributed by atoms with Gasteiger partial charge in [0, 0.05) is 12.6 Å². The summed E-state index contributed by atoms with van der Waals surface area (Å²) < 4.78 is 5.74. The Kier molecular flexibility index (Phi) is 6.50. The summed E-state index contributed by atoms with van der Waals surface area (Å²) in [6, 6.07) is 0.738. The molecule has 1 saturated heterocycles. The quantitative estimate of drug-likeness (QED) is 0.743. The molecule has 0 bridgehead atoms. The van der Waals surface area contributed by atoms with E-state index in [0.29, 0.717) is 6.10 Å². The fourth-order valence-corrected chi connectivity index (χ4v) is 3.68. The van der Waals surface area contributed by atoms with Crippen LogP contribution in [0.1, 0.15) is 71.1 Å². The standard InChI is InChI=1S/C16H31NO/c1-2-17-15(10-11-16-9-6-12-18-16)13-14-7-4-3-5-8-14/h14-17H,2-13H2,1H3. The van der Waals surface area contributed by atoms with E-state index in [-0.39, 0.29) is 0 Å². The minimum Gasteiger partial charge on any atom is -0.378 e. The van der Waals surface area contributed by atoms with Crippen molar-refractivity contribution in [2.45, 2.75) is 83.3 Å². The van der Waals surface area contributed by atoms with Gasteiger partial charge >= 0.3 is 0 Å². The second-order valence-electron chi connectivity index (χ2n) is 6.21. The Morgan fingerprint density at radius 3 is 2.61 bits per heavy atom. The molecule has 1 N–H and O–H groups in total. The second-order valence-corrected chi connectivity index (χ2v) is 6.21. The second kappa shape index (κ2) is 8.16. The van der Waals surface area contributed by atoms with Crippen LogP contribution in [0.4, 0.5) is 0 Å². The summed E-state index contributed by atoms with van der Waals surface area (Å²) in [7, 11) is 0. The first-order chi connectivity index (χ1) is 8.88. The van der Waals surface area contributed by atoms with Crippen LogP contribution in [0.3, 0.4) is 0 Å². The SMILES string of the molecule is CCNC(CCC1CCCO1)CC1CCCCC1. The minimum atomic E-state index is 0.567. The lowest BCUT2D eigenvalue weighted by molar-refractivity contribution is 0.0982. The van der Waals surface area contributed by atoms with Crippen molar-refractivity contribution in [2.75, 3.05) is 13.2 Å². The first kappa shape index (κ1) is 14.3. The van der Waals surface area contributed by atoms with Crippen molar-refractivity contribution in [3.8, 4) is 0 Å². The van der Waals surface area contributed by atoms with Gasteiger partial charge < -0.3 is 10.1 Å². The summed E-state index contributed by atoms with van der Waals surface area (Å²) in [4.78, 5) is 0. The van der Waals surface area contributed by atoms with E-state index in [4.69, 9.17) is 4.74 Å². The van der Waals surface area contributed by atoms with Crippen molar-refractivity contribution in [3.05, 3.63) is 0 Å². The van der Waals surface area contributed by atoms with Crippen molar-refractivity contribution >= 4 is 0 Å². The highest BCUT2D eigenvalue weighted by atomic mass is 16.5. The van der Waals surface area contributed by atoms with E-state index < -0.39 is 0 Å². The van der Waals surface area contributed by atoms with Gasteiger partial charge in [0.2, 0.25) is 0 Å². The summed E-state index contributed by atoms with van der Waals surface area (Å²) in [5, 5.41) is 3.70. The van der Waals surface area contributed by atoms with Crippen LogP contribution >= 0.6 is 0 Å². The van der Waals surface area contributed by atoms with Gasteiger partial charge in [0.25, 0.3) is 0 Å². The summed E-state index contributed by atoms with van der Waals surface area (Å²) in [6.45, 7) is 4.35. The summed E-state index contributed by atoms with van der Waals surface area (Å²) in [5.41, 5.74) is 0. The average Bonchev–Trinajstić information content (AvgIpc) is 2.91. The van der Waals surface area contributed by atoms with Gasteiger partial charge in [-0.2, -0.15) is 0 Å². The van der Waals surface area contributed by atoms with Crippen LogP contribution in [0.2, 0.25) is 0 Å². The molecular formula is C16H31NO. The lowest BCUT2D eigenvalue weighted by atomic mass is 9.83. The largest absolute Gasteiger partial charge is 0.378 e. The highest BCUT2D eigenvalue weighted by Gasteiger charge is 2.21. The maximum Gasteiger partial charge on any atom is 0.0576 e. The fourth-order valence-electron chi connectivity index (χ4n) is 3.68. The molecule has 1 heterocycles. The van der Waals surface area contributed by atoms with Gasteiger partial charge in [0.15, 0.2) is 0 Å². The van der Waals surface area contributed by atoms with Crippen LogP contribution < -0.4 is 5.32 Å². The first-order valence-electron chi connectivity index (χ1n) is 8.23. The van der Waals surface area contributed by atoms with E-state index >= 15 is 0 Å². The Bertz CT molecular complexity index is 207. The molecule has 0 aromatic carbocycles. The van der Waals surface area contributed by atoms with E-state index in [1.165, 1.54) is 64.2 Å². The van der Waals surface area contributed by atoms with E-state index in [1.807, 2.05) is 0 Å². The van der Waals surface area contributed by atoms with Crippen molar-refractivity contribution < 1.29 is 4.74 Å². The van der Waals surface area contributed by atoms with Crippen molar-refractivity contribution in [1.29, 1.82) is 0 Å². The normalized spacial score (nSPS) is 27.5. The molecule has 0 radical (unpaired) electrons. The molecule has 2 atom stereocenters. The Labute approximate surface area is 113 Å². The molecule has 2 rings (SSSR count). The zero-order valence-corrected chi connectivity index (χ0v) is 12.1. The van der Waals surface area contributed by atoms with Gasteiger partial charge in [0.05, 0.1) is 6.10 Å². The molecular weight excluding hydrogens is 222 g/mol. The van der Waals surface area contributed by atoms with Crippen LogP contribution in [0.5, 0.6) is 0 Å². The number of rotatable bonds is 7. The lowest BCUT2D eigenvalue weighted by Gasteiger charge is -2.27. The third kappa shape index (κ3) is 4.89. The Morgan fingerprint density at radius 2 is 1.94 bits per heavy atom. The number of ether oxygens (including phenoxy) is 1. The Hall–Kier alpha value is -0.0800. The maximum atomic E-state index is 5.74. The van der Waals surface area contributed by atoms with E-state index in [0.717, 1.165) is 25.1 Å². The van der Waals surface area contributed by atoms with Crippen LogP contribution in [0.15, 0.2) is 0 Å². The predicted molar refractivity (Wildman–Crippen MR) is 76.9 cm³/mol. The molecule has 0 aromatic rings. The van der Waals surface area contributed by atoms with Crippen LogP contribution in [0, 0.1) is 5.92 Å². The Morgan fingerprint density at radius 1 is 1.11 bits per heavy atom. The van der Waals surface area contributed by atoms with Gasteiger partial charge in [-0.1, -0.05) is 39.0 Å². The molecule has 0 aromatic heterocycles. The lowest BCUT2D eigenvalue weighted by Crippen LogP contribution is -2.32. The molecule has 2 unspecified atom stereocenters. The van der Waals surface area contributed by atoms with Crippen molar-refractivity contribution in [3.63, 3.8) is 0 Å². The molecule has 1 aliphatic heterocycles. The monoisotopic (exact) mass is 253 g/mol. The predicted octanol–water partition coefficient (Wildman–Crippen LogP) is 3.89. The third-order valence-electron chi connectivity index (χ3n) is 4.70. The first-order valence-corrected chi connectivity index (χ1v) is 8.23. The van der Waals surface area contributed by atoms with Gasteiger partial charge in [-0.15, -0.1) is 0 Å². The zero-order valence-electron chi connectivity index (χ0n) is 12.1.